The number of aromatic nitrogens is 1. The van der Waals surface area contributed by atoms with E-state index in [0.29, 0.717) is 30.5 Å². The average Bonchev–Trinajstić information content (AvgIpc) is 3.00. The second-order valence-corrected chi connectivity index (χ2v) is 9.32. The van der Waals surface area contributed by atoms with Crippen LogP contribution in [0.2, 0.25) is 0 Å². The van der Waals surface area contributed by atoms with Crippen molar-refractivity contribution in [1.29, 1.82) is 0 Å². The molecular weight excluding hydrogens is 354 g/mol. The van der Waals surface area contributed by atoms with Crippen molar-refractivity contribution in [2.75, 3.05) is 19.6 Å². The SMILES string of the molecule is CCC1CCCCN1C(=O)C1CCCN(S(=O)(=O)c2c(C)noc2C)C1. The zero-order valence-corrected chi connectivity index (χ0v) is 16.7. The molecule has 3 rings (SSSR count). The summed E-state index contributed by atoms with van der Waals surface area (Å²) in [6, 6.07) is 0.297. The van der Waals surface area contributed by atoms with E-state index in [-0.39, 0.29) is 23.3 Å². The van der Waals surface area contributed by atoms with Crippen molar-refractivity contribution < 1.29 is 17.7 Å². The zero-order valence-electron chi connectivity index (χ0n) is 15.9. The lowest BCUT2D eigenvalue weighted by atomic mass is 9.93. The van der Waals surface area contributed by atoms with Crippen molar-refractivity contribution in [2.45, 2.75) is 70.2 Å². The number of rotatable bonds is 4. The van der Waals surface area contributed by atoms with E-state index in [9.17, 15) is 13.2 Å². The minimum Gasteiger partial charge on any atom is -0.360 e. The molecule has 1 aromatic heterocycles. The lowest BCUT2D eigenvalue weighted by molar-refractivity contribution is -0.140. The highest BCUT2D eigenvalue weighted by Crippen LogP contribution is 2.30. The second kappa shape index (κ2) is 7.68. The third-order valence-electron chi connectivity index (χ3n) is 5.68. The van der Waals surface area contributed by atoms with Gasteiger partial charge in [-0.1, -0.05) is 12.1 Å². The maximum Gasteiger partial charge on any atom is 0.248 e. The van der Waals surface area contributed by atoms with Crippen LogP contribution in [0.1, 0.15) is 56.9 Å². The van der Waals surface area contributed by atoms with E-state index in [1.807, 2.05) is 4.90 Å². The molecule has 2 aliphatic rings. The third kappa shape index (κ3) is 3.53. The van der Waals surface area contributed by atoms with Gasteiger partial charge in [0, 0.05) is 25.7 Å². The molecular formula is C18H29N3O4S. The van der Waals surface area contributed by atoms with E-state index in [1.165, 1.54) is 10.7 Å². The number of hydrogen-bond donors (Lipinski definition) is 0. The van der Waals surface area contributed by atoms with Gasteiger partial charge >= 0.3 is 0 Å². The molecule has 0 aromatic carbocycles. The predicted octanol–water partition coefficient (Wildman–Crippen LogP) is 2.48. The molecule has 0 spiro atoms. The predicted molar refractivity (Wildman–Crippen MR) is 97.1 cm³/mol. The highest BCUT2D eigenvalue weighted by atomic mass is 32.2. The Balaban J connectivity index is 1.78. The van der Waals surface area contributed by atoms with Gasteiger partial charge in [0.05, 0.1) is 5.92 Å². The van der Waals surface area contributed by atoms with E-state index in [2.05, 4.69) is 12.1 Å². The molecule has 2 unspecified atom stereocenters. The Kier molecular flexibility index (Phi) is 5.72. The fourth-order valence-electron chi connectivity index (χ4n) is 4.28. The lowest BCUT2D eigenvalue weighted by Crippen LogP contribution is -2.51. The van der Waals surface area contributed by atoms with Crippen LogP contribution in [0.5, 0.6) is 0 Å². The van der Waals surface area contributed by atoms with Gasteiger partial charge in [-0.2, -0.15) is 4.31 Å². The van der Waals surface area contributed by atoms with E-state index in [0.717, 1.165) is 32.2 Å². The summed E-state index contributed by atoms with van der Waals surface area (Å²) in [5, 5.41) is 3.77. The first kappa shape index (κ1) is 19.4. The van der Waals surface area contributed by atoms with Gasteiger partial charge in [0.1, 0.15) is 10.6 Å². The molecule has 0 bridgehead atoms. The molecule has 2 aliphatic heterocycles. The standard InChI is InChI=1S/C18H29N3O4S/c1-4-16-9-5-6-11-21(16)18(22)15-8-7-10-20(12-15)26(23,24)17-13(2)19-25-14(17)3/h15-16H,4-12H2,1-3H3. The summed E-state index contributed by atoms with van der Waals surface area (Å²) in [4.78, 5) is 15.2. The van der Waals surface area contributed by atoms with Crippen molar-refractivity contribution in [2.24, 2.45) is 5.92 Å². The monoisotopic (exact) mass is 383 g/mol. The molecule has 0 N–H and O–H groups in total. The van der Waals surface area contributed by atoms with Crippen molar-refractivity contribution >= 4 is 15.9 Å². The fourth-order valence-corrected chi connectivity index (χ4v) is 6.10. The average molecular weight is 384 g/mol. The Morgan fingerprint density at radius 3 is 2.62 bits per heavy atom. The van der Waals surface area contributed by atoms with E-state index in [1.54, 1.807) is 13.8 Å². The molecule has 0 radical (unpaired) electrons. The van der Waals surface area contributed by atoms with Gasteiger partial charge in [0.2, 0.25) is 15.9 Å². The number of carbonyl (C=O) groups excluding carboxylic acids is 1. The van der Waals surface area contributed by atoms with E-state index < -0.39 is 10.0 Å². The first-order valence-corrected chi connectivity index (χ1v) is 11.0. The number of carbonyl (C=O) groups is 1. The van der Waals surface area contributed by atoms with Crippen LogP contribution in [-0.4, -0.2) is 54.4 Å². The summed E-state index contributed by atoms with van der Waals surface area (Å²) in [5.74, 6) is 0.166. The topological polar surface area (TPSA) is 83.7 Å². The number of nitrogens with zero attached hydrogens (tertiary/aromatic N) is 3. The van der Waals surface area contributed by atoms with Crippen molar-refractivity contribution in [3.05, 3.63) is 11.5 Å². The molecule has 1 aromatic rings. The number of sulfonamides is 1. The Morgan fingerprint density at radius 1 is 1.19 bits per heavy atom. The van der Waals surface area contributed by atoms with Crippen LogP contribution in [0.4, 0.5) is 0 Å². The van der Waals surface area contributed by atoms with Crippen LogP contribution in [-0.2, 0) is 14.8 Å². The van der Waals surface area contributed by atoms with Crippen molar-refractivity contribution in [3.8, 4) is 0 Å². The highest BCUT2D eigenvalue weighted by molar-refractivity contribution is 7.89. The lowest BCUT2D eigenvalue weighted by Gasteiger charge is -2.39. The molecule has 2 saturated heterocycles. The molecule has 0 aliphatic carbocycles. The smallest absolute Gasteiger partial charge is 0.248 e. The third-order valence-corrected chi connectivity index (χ3v) is 7.79. The number of likely N-dealkylation sites (tertiary alicyclic amines) is 1. The van der Waals surface area contributed by atoms with Gasteiger partial charge in [-0.3, -0.25) is 4.79 Å². The Labute approximate surface area is 155 Å². The molecule has 26 heavy (non-hydrogen) atoms. The summed E-state index contributed by atoms with van der Waals surface area (Å²) < 4.78 is 32.6. The molecule has 2 atom stereocenters. The first-order chi connectivity index (χ1) is 12.4. The molecule has 3 heterocycles. The normalized spacial score (nSPS) is 25.4. The van der Waals surface area contributed by atoms with E-state index in [4.69, 9.17) is 4.52 Å². The maximum atomic E-state index is 13.1. The first-order valence-electron chi connectivity index (χ1n) is 9.59. The Bertz CT molecular complexity index is 739. The van der Waals surface area contributed by atoms with Crippen LogP contribution in [0.15, 0.2) is 9.42 Å². The summed E-state index contributed by atoms with van der Waals surface area (Å²) in [5.41, 5.74) is 0.373. The molecule has 8 heteroatoms. The minimum absolute atomic E-state index is 0.121. The van der Waals surface area contributed by atoms with Crippen LogP contribution >= 0.6 is 0 Å². The second-order valence-electron chi connectivity index (χ2n) is 7.44. The fraction of sp³-hybridized carbons (Fsp3) is 0.778. The maximum absolute atomic E-state index is 13.1. The van der Waals surface area contributed by atoms with Gasteiger partial charge < -0.3 is 9.42 Å². The van der Waals surface area contributed by atoms with Crippen LogP contribution in [0.25, 0.3) is 0 Å². The number of aryl methyl sites for hydroxylation is 2. The van der Waals surface area contributed by atoms with Gasteiger partial charge in [-0.15, -0.1) is 0 Å². The highest BCUT2D eigenvalue weighted by Gasteiger charge is 2.38. The largest absolute Gasteiger partial charge is 0.360 e. The van der Waals surface area contributed by atoms with Crippen LogP contribution in [0.3, 0.4) is 0 Å². The van der Waals surface area contributed by atoms with E-state index >= 15 is 0 Å². The zero-order chi connectivity index (χ0) is 18.9. The van der Waals surface area contributed by atoms with Crippen LogP contribution in [0, 0.1) is 19.8 Å². The van der Waals surface area contributed by atoms with Gasteiger partial charge in [-0.05, 0) is 52.4 Å². The van der Waals surface area contributed by atoms with Crippen molar-refractivity contribution in [3.63, 3.8) is 0 Å². The van der Waals surface area contributed by atoms with Crippen molar-refractivity contribution in [1.82, 2.24) is 14.4 Å². The Morgan fingerprint density at radius 2 is 1.96 bits per heavy atom. The van der Waals surface area contributed by atoms with Crippen LogP contribution < -0.4 is 0 Å². The minimum atomic E-state index is -3.69. The number of amides is 1. The molecule has 7 nitrogen and oxygen atoms in total. The molecule has 2 fully saturated rings. The summed E-state index contributed by atoms with van der Waals surface area (Å²) in [6.45, 7) is 6.84. The summed E-state index contributed by atoms with van der Waals surface area (Å²) in [7, 11) is -3.69. The number of piperidine rings is 2. The van der Waals surface area contributed by atoms with Gasteiger partial charge in [-0.25, -0.2) is 8.42 Å². The number of hydrogen-bond acceptors (Lipinski definition) is 5. The quantitative estimate of drug-likeness (QED) is 0.797. The molecule has 1 amide bonds. The molecule has 0 saturated carbocycles. The Hall–Kier alpha value is -1.41. The van der Waals surface area contributed by atoms with Gasteiger partial charge in [0.25, 0.3) is 0 Å². The summed E-state index contributed by atoms with van der Waals surface area (Å²) in [6.07, 6.45) is 5.66. The van der Waals surface area contributed by atoms with Gasteiger partial charge in [0.15, 0.2) is 5.76 Å². The summed E-state index contributed by atoms with van der Waals surface area (Å²) >= 11 is 0. The molecule has 146 valence electrons.